The normalized spacial score (nSPS) is 20.1. The minimum absolute atomic E-state index is 0.00649. The van der Waals surface area contributed by atoms with Crippen LogP contribution < -0.4 is 20.1 Å². The van der Waals surface area contributed by atoms with E-state index in [4.69, 9.17) is 14.2 Å². The van der Waals surface area contributed by atoms with Crippen LogP contribution in [0.2, 0.25) is 0 Å². The van der Waals surface area contributed by atoms with Crippen LogP contribution in [-0.2, 0) is 42.9 Å². The smallest absolute Gasteiger partial charge is 0.416 e. The number of hydrogen-bond acceptors (Lipinski definition) is 7. The Labute approximate surface area is 272 Å². The van der Waals surface area contributed by atoms with E-state index in [0.29, 0.717) is 18.1 Å². The summed E-state index contributed by atoms with van der Waals surface area (Å²) in [6, 6.07) is 10.1. The highest BCUT2D eigenvalue weighted by Crippen LogP contribution is 2.43. The van der Waals surface area contributed by atoms with Crippen LogP contribution in [0.15, 0.2) is 42.5 Å². The van der Waals surface area contributed by atoms with Gasteiger partial charge in [0.05, 0.1) is 31.1 Å². The Bertz CT molecular complexity index is 1430. The van der Waals surface area contributed by atoms with E-state index in [1.807, 2.05) is 6.07 Å². The molecule has 1 aliphatic carbocycles. The molecule has 2 aliphatic rings. The van der Waals surface area contributed by atoms with Crippen molar-refractivity contribution in [2.24, 2.45) is 11.3 Å². The summed E-state index contributed by atoms with van der Waals surface area (Å²) in [5.74, 6) is -0.836. The van der Waals surface area contributed by atoms with Gasteiger partial charge in [-0.2, -0.15) is 13.2 Å². The van der Waals surface area contributed by atoms with Crippen LogP contribution in [0.25, 0.3) is 0 Å². The molecule has 1 atom stereocenters. The van der Waals surface area contributed by atoms with Gasteiger partial charge in [-0.3, -0.25) is 19.2 Å². The van der Waals surface area contributed by atoms with Gasteiger partial charge in [-0.25, -0.2) is 0 Å². The van der Waals surface area contributed by atoms with Crippen molar-refractivity contribution in [2.75, 3.05) is 46.5 Å². The summed E-state index contributed by atoms with van der Waals surface area (Å²) in [5.41, 5.74) is -1.38. The maximum Gasteiger partial charge on any atom is 0.416 e. The predicted octanol–water partition coefficient (Wildman–Crippen LogP) is 4.08. The Hall–Kier alpha value is -4.29. The van der Waals surface area contributed by atoms with Crippen molar-refractivity contribution in [3.05, 3.63) is 59.2 Å². The number of methoxy groups -OCH3 is 1. The molecule has 1 fully saturated rings. The fourth-order valence-electron chi connectivity index (χ4n) is 5.83. The lowest BCUT2D eigenvalue weighted by Crippen LogP contribution is -2.46. The highest BCUT2D eigenvalue weighted by molar-refractivity contribution is 5.81. The first kappa shape index (κ1) is 35.6. The molecule has 1 saturated carbocycles. The average molecular weight is 662 g/mol. The highest BCUT2D eigenvalue weighted by atomic mass is 19.4. The molecule has 3 amide bonds. The molecule has 256 valence electrons. The molecule has 13 heteroatoms. The summed E-state index contributed by atoms with van der Waals surface area (Å²) in [6.45, 7) is 1.65. The molecular weight excluding hydrogens is 619 g/mol. The quantitative estimate of drug-likeness (QED) is 0.429. The maximum absolute atomic E-state index is 13.6. The fourth-order valence-corrected chi connectivity index (χ4v) is 5.83. The molecule has 2 aromatic carbocycles. The number of carbonyl (C=O) groups is 4. The summed E-state index contributed by atoms with van der Waals surface area (Å²) in [7, 11) is 1.46. The molecule has 10 nitrogen and oxygen atoms in total. The second-order valence-corrected chi connectivity index (χ2v) is 12.0. The average Bonchev–Trinajstić information content (AvgIpc) is 3.85. The minimum atomic E-state index is -4.63. The van der Waals surface area contributed by atoms with Gasteiger partial charge < -0.3 is 29.7 Å². The van der Waals surface area contributed by atoms with E-state index < -0.39 is 41.4 Å². The highest BCUT2D eigenvalue weighted by Gasteiger charge is 2.45. The van der Waals surface area contributed by atoms with E-state index >= 15 is 0 Å². The fraction of sp³-hybridized carbons (Fsp3) is 0.529. The summed E-state index contributed by atoms with van der Waals surface area (Å²) in [6.07, 6.45) is -2.20. The van der Waals surface area contributed by atoms with Gasteiger partial charge in [0.15, 0.2) is 18.1 Å². The number of nitrogens with one attached hydrogen (secondary N) is 2. The molecule has 47 heavy (non-hydrogen) atoms. The van der Waals surface area contributed by atoms with Gasteiger partial charge in [0, 0.05) is 32.6 Å². The van der Waals surface area contributed by atoms with Crippen LogP contribution in [0, 0.1) is 11.3 Å². The van der Waals surface area contributed by atoms with Crippen molar-refractivity contribution >= 4 is 23.7 Å². The Morgan fingerprint density at radius 2 is 1.83 bits per heavy atom. The van der Waals surface area contributed by atoms with Gasteiger partial charge in [0.25, 0.3) is 5.91 Å². The first-order chi connectivity index (χ1) is 22.4. The molecule has 1 heterocycles. The second-order valence-electron chi connectivity index (χ2n) is 12.0. The zero-order chi connectivity index (χ0) is 34.0. The Kier molecular flexibility index (Phi) is 12.1. The largest absolute Gasteiger partial charge is 0.493 e. The van der Waals surface area contributed by atoms with Crippen molar-refractivity contribution in [3.8, 4) is 11.5 Å². The number of carbonyl (C=O) groups excluding carboxylic acids is 4. The second kappa shape index (κ2) is 16.0. The molecule has 2 aromatic rings. The molecule has 2 N–H and O–H groups in total. The van der Waals surface area contributed by atoms with E-state index in [0.717, 1.165) is 24.5 Å². The van der Waals surface area contributed by atoms with Gasteiger partial charge in [0.1, 0.15) is 0 Å². The number of ether oxygens (including phenoxy) is 3. The maximum atomic E-state index is 13.6. The minimum Gasteiger partial charge on any atom is -0.493 e. The molecule has 0 spiro atoms. The van der Waals surface area contributed by atoms with Gasteiger partial charge in [-0.15, -0.1) is 0 Å². The summed E-state index contributed by atoms with van der Waals surface area (Å²) < 4.78 is 57.5. The van der Waals surface area contributed by atoms with Crippen LogP contribution in [0.5, 0.6) is 11.5 Å². The lowest BCUT2D eigenvalue weighted by Gasteiger charge is -2.32. The monoisotopic (exact) mass is 661 g/mol. The molecule has 2 bridgehead atoms. The first-order valence-electron chi connectivity index (χ1n) is 15.9. The first-order valence-corrected chi connectivity index (χ1v) is 15.9. The van der Waals surface area contributed by atoms with E-state index in [1.54, 1.807) is 19.1 Å². The SMILES string of the molecule is CCOC(=O)C1(CC2CC2)CNC(=O)CCCN(C(=O)Cc2ccccc2C(F)(F)F)CCNC(=O)COc2cc(ccc2OC)C1. The van der Waals surface area contributed by atoms with Crippen molar-refractivity contribution in [1.29, 1.82) is 0 Å². The predicted molar refractivity (Wildman–Crippen MR) is 166 cm³/mol. The van der Waals surface area contributed by atoms with Crippen molar-refractivity contribution < 1.29 is 46.6 Å². The third-order valence-electron chi connectivity index (χ3n) is 8.39. The lowest BCUT2D eigenvalue weighted by atomic mass is 9.76. The Morgan fingerprint density at radius 1 is 1.06 bits per heavy atom. The summed E-state index contributed by atoms with van der Waals surface area (Å²) in [5, 5.41) is 5.59. The Morgan fingerprint density at radius 3 is 2.53 bits per heavy atom. The standard InChI is InChI=1S/C34H42F3N3O7/c1-3-46-32(44)33(19-23-10-11-23)20-24-12-13-27(45-2)28(17-24)47-21-30(42)38-14-16-40(15-6-9-29(41)39-22-33)31(43)18-25-7-4-5-8-26(25)34(35,36)37/h4-5,7-8,12-13,17,23H,3,6,9-11,14-16,18-22H2,1-2H3,(H,38,42)(H,39,41). The van der Waals surface area contributed by atoms with E-state index in [9.17, 15) is 32.3 Å². The molecule has 1 unspecified atom stereocenters. The Balaban J connectivity index is 1.58. The van der Waals surface area contributed by atoms with Crippen LogP contribution in [-0.4, -0.2) is 75.1 Å². The molecule has 0 saturated heterocycles. The van der Waals surface area contributed by atoms with E-state index in [2.05, 4.69) is 10.6 Å². The van der Waals surface area contributed by atoms with Gasteiger partial charge >= 0.3 is 12.1 Å². The number of esters is 1. The number of hydrogen-bond donors (Lipinski definition) is 2. The van der Waals surface area contributed by atoms with Gasteiger partial charge in [0.2, 0.25) is 11.8 Å². The topological polar surface area (TPSA) is 123 Å². The van der Waals surface area contributed by atoms with Crippen molar-refractivity contribution in [3.63, 3.8) is 0 Å². The van der Waals surface area contributed by atoms with Crippen LogP contribution >= 0.6 is 0 Å². The molecule has 0 radical (unpaired) electrons. The third-order valence-corrected chi connectivity index (χ3v) is 8.39. The summed E-state index contributed by atoms with van der Waals surface area (Å²) >= 11 is 0. The zero-order valence-electron chi connectivity index (χ0n) is 26.8. The van der Waals surface area contributed by atoms with Crippen LogP contribution in [0.1, 0.15) is 55.7 Å². The van der Waals surface area contributed by atoms with Crippen LogP contribution in [0.4, 0.5) is 13.2 Å². The number of rotatable bonds is 7. The van der Waals surface area contributed by atoms with Crippen LogP contribution in [0.3, 0.4) is 0 Å². The molecule has 1 aliphatic heterocycles. The third kappa shape index (κ3) is 10.1. The number of alkyl halides is 3. The summed E-state index contributed by atoms with van der Waals surface area (Å²) in [4.78, 5) is 54.0. The number of halogens is 3. The van der Waals surface area contributed by atoms with Crippen molar-refractivity contribution in [1.82, 2.24) is 15.5 Å². The molecular formula is C34H42F3N3O7. The van der Waals surface area contributed by atoms with Crippen molar-refractivity contribution in [2.45, 2.75) is 58.0 Å². The number of amides is 3. The zero-order valence-corrected chi connectivity index (χ0v) is 26.8. The number of nitrogens with zero attached hydrogens (tertiary/aromatic N) is 1. The lowest BCUT2D eigenvalue weighted by molar-refractivity contribution is -0.156. The molecule has 4 rings (SSSR count). The van der Waals surface area contributed by atoms with E-state index in [-0.39, 0.29) is 75.9 Å². The van der Waals surface area contributed by atoms with Gasteiger partial charge in [-0.1, -0.05) is 37.1 Å². The van der Waals surface area contributed by atoms with Gasteiger partial charge in [-0.05, 0) is 61.4 Å². The molecule has 0 aromatic heterocycles. The number of fused-ring (bicyclic) bond motifs is 2. The van der Waals surface area contributed by atoms with E-state index in [1.165, 1.54) is 30.2 Å². The number of benzene rings is 2.